The minimum absolute atomic E-state index is 0.0330. The highest BCUT2D eigenvalue weighted by atomic mass is 19.1. The molecule has 1 aliphatic heterocycles. The maximum absolute atomic E-state index is 13.9. The number of nitrogens with zero attached hydrogens (tertiary/aromatic N) is 3. The lowest BCUT2D eigenvalue weighted by Crippen LogP contribution is -2.47. The topological polar surface area (TPSA) is 70.4 Å². The zero-order chi connectivity index (χ0) is 20.2. The number of hydrogen-bond acceptors (Lipinski definition) is 4. The van der Waals surface area contributed by atoms with Crippen LogP contribution in [0.5, 0.6) is 0 Å². The summed E-state index contributed by atoms with van der Waals surface area (Å²) in [5.41, 5.74) is 2.88. The van der Waals surface area contributed by atoms with Crippen LogP contribution in [0.1, 0.15) is 28.8 Å². The number of aromatic nitrogens is 2. The minimum Gasteiger partial charge on any atom is -0.395 e. The van der Waals surface area contributed by atoms with Crippen LogP contribution < -0.4 is 5.32 Å². The second kappa shape index (κ2) is 8.71. The van der Waals surface area contributed by atoms with Crippen LogP contribution in [0.2, 0.25) is 0 Å². The molecule has 0 aliphatic carbocycles. The molecule has 7 heteroatoms. The molecule has 1 aliphatic rings. The van der Waals surface area contributed by atoms with Crippen molar-refractivity contribution in [1.82, 2.24) is 19.8 Å². The van der Waals surface area contributed by atoms with Crippen molar-refractivity contribution in [1.29, 1.82) is 0 Å². The molecule has 4 rings (SSSR count). The summed E-state index contributed by atoms with van der Waals surface area (Å²) in [6, 6.07) is 12.3. The lowest BCUT2D eigenvalue weighted by molar-refractivity contribution is 0.0900. The number of imidazole rings is 1. The fourth-order valence-corrected chi connectivity index (χ4v) is 3.94. The number of carbonyl (C=O) groups excluding carboxylic acids is 1. The zero-order valence-corrected chi connectivity index (χ0v) is 16.2. The molecule has 1 atom stereocenters. The van der Waals surface area contributed by atoms with Crippen LogP contribution in [0.4, 0.5) is 4.39 Å². The van der Waals surface area contributed by atoms with Crippen molar-refractivity contribution in [3.05, 3.63) is 65.7 Å². The van der Waals surface area contributed by atoms with E-state index in [4.69, 9.17) is 5.11 Å². The molecular formula is C22H25FN4O2. The van der Waals surface area contributed by atoms with Gasteiger partial charge in [-0.3, -0.25) is 9.69 Å². The smallest absolute Gasteiger partial charge is 0.251 e. The van der Waals surface area contributed by atoms with Gasteiger partial charge in [0.15, 0.2) is 0 Å². The summed E-state index contributed by atoms with van der Waals surface area (Å²) in [5, 5.41) is 12.2. The van der Waals surface area contributed by atoms with E-state index >= 15 is 0 Å². The molecule has 1 aromatic heterocycles. The Morgan fingerprint density at radius 2 is 2.14 bits per heavy atom. The van der Waals surface area contributed by atoms with Gasteiger partial charge in [-0.15, -0.1) is 0 Å². The molecule has 1 amide bonds. The van der Waals surface area contributed by atoms with Crippen molar-refractivity contribution < 1.29 is 14.3 Å². The molecule has 3 aromatic rings. The number of amides is 1. The van der Waals surface area contributed by atoms with Crippen molar-refractivity contribution in [2.75, 3.05) is 19.7 Å². The number of piperidine rings is 1. The number of halogens is 1. The predicted molar refractivity (Wildman–Crippen MR) is 109 cm³/mol. The van der Waals surface area contributed by atoms with Crippen LogP contribution in [0.3, 0.4) is 0 Å². The Morgan fingerprint density at radius 3 is 2.97 bits per heavy atom. The van der Waals surface area contributed by atoms with Crippen molar-refractivity contribution in [2.24, 2.45) is 0 Å². The third-order valence-corrected chi connectivity index (χ3v) is 5.42. The maximum Gasteiger partial charge on any atom is 0.251 e. The average molecular weight is 396 g/mol. The average Bonchev–Trinajstić information content (AvgIpc) is 3.12. The van der Waals surface area contributed by atoms with Crippen molar-refractivity contribution in [3.8, 4) is 0 Å². The number of nitrogens with one attached hydrogen (secondary N) is 1. The summed E-state index contributed by atoms with van der Waals surface area (Å²) in [6.07, 6.45) is 3.54. The van der Waals surface area contributed by atoms with E-state index in [1.54, 1.807) is 24.5 Å². The number of rotatable bonds is 6. The number of aliphatic hydroxyl groups is 1. The van der Waals surface area contributed by atoms with Gasteiger partial charge in [-0.05, 0) is 43.7 Å². The van der Waals surface area contributed by atoms with E-state index in [0.29, 0.717) is 30.8 Å². The molecule has 1 unspecified atom stereocenters. The first-order valence-electron chi connectivity index (χ1n) is 9.96. The Labute approximate surface area is 169 Å². The van der Waals surface area contributed by atoms with Gasteiger partial charge in [0, 0.05) is 36.8 Å². The van der Waals surface area contributed by atoms with Gasteiger partial charge in [0.05, 0.1) is 24.0 Å². The molecule has 1 saturated heterocycles. The second-order valence-electron chi connectivity index (χ2n) is 7.50. The first kappa shape index (κ1) is 19.5. The minimum atomic E-state index is -0.187. The number of fused-ring (bicyclic) bond motifs is 1. The Bertz CT molecular complexity index is 1000. The van der Waals surface area contributed by atoms with E-state index in [2.05, 4.69) is 15.2 Å². The lowest BCUT2D eigenvalue weighted by Gasteiger charge is -2.33. The Morgan fingerprint density at radius 1 is 1.28 bits per heavy atom. The van der Waals surface area contributed by atoms with E-state index in [1.165, 1.54) is 6.07 Å². The first-order valence-corrected chi connectivity index (χ1v) is 9.96. The quantitative estimate of drug-likeness (QED) is 0.672. The third-order valence-electron chi connectivity index (χ3n) is 5.42. The molecule has 2 heterocycles. The van der Waals surface area contributed by atoms with E-state index in [0.717, 1.165) is 30.4 Å². The fourth-order valence-electron chi connectivity index (χ4n) is 3.94. The highest BCUT2D eigenvalue weighted by Crippen LogP contribution is 2.18. The van der Waals surface area contributed by atoms with Gasteiger partial charge >= 0.3 is 0 Å². The lowest BCUT2D eigenvalue weighted by atomic mass is 10.0. The van der Waals surface area contributed by atoms with Crippen molar-refractivity contribution >= 4 is 16.9 Å². The number of likely N-dealkylation sites (tertiary alicyclic amines) is 1. The van der Waals surface area contributed by atoms with E-state index in [1.807, 2.05) is 22.8 Å². The van der Waals surface area contributed by atoms with Crippen LogP contribution in [-0.4, -0.2) is 51.2 Å². The molecule has 2 aromatic carbocycles. The molecule has 0 radical (unpaired) electrons. The van der Waals surface area contributed by atoms with E-state index < -0.39 is 0 Å². The van der Waals surface area contributed by atoms with Crippen LogP contribution in [-0.2, 0) is 13.1 Å². The van der Waals surface area contributed by atoms with Gasteiger partial charge < -0.3 is 15.0 Å². The Balaban J connectivity index is 1.40. The van der Waals surface area contributed by atoms with Crippen LogP contribution >= 0.6 is 0 Å². The predicted octanol–water partition coefficient (Wildman–Crippen LogP) is 2.56. The van der Waals surface area contributed by atoms with Crippen LogP contribution in [0.25, 0.3) is 11.0 Å². The zero-order valence-electron chi connectivity index (χ0n) is 16.2. The molecule has 0 spiro atoms. The highest BCUT2D eigenvalue weighted by molar-refractivity contribution is 5.97. The Hall–Kier alpha value is -2.77. The summed E-state index contributed by atoms with van der Waals surface area (Å²) in [6.45, 7) is 2.66. The Kier molecular flexibility index (Phi) is 5.87. The van der Waals surface area contributed by atoms with Gasteiger partial charge in [-0.2, -0.15) is 0 Å². The summed E-state index contributed by atoms with van der Waals surface area (Å²) < 4.78 is 15.8. The normalized spacial score (nSPS) is 17.5. The van der Waals surface area contributed by atoms with Gasteiger partial charge in [0.2, 0.25) is 0 Å². The number of hydrogen-bond donors (Lipinski definition) is 2. The SMILES string of the molecule is O=C(NC1CCCN(Cc2ccccc2F)C1)c1ccc2c(c1)ncn2CCO. The summed E-state index contributed by atoms with van der Waals surface area (Å²) in [5.74, 6) is -0.311. The van der Waals surface area contributed by atoms with Gasteiger partial charge in [0.25, 0.3) is 5.91 Å². The molecule has 29 heavy (non-hydrogen) atoms. The number of benzene rings is 2. The van der Waals surface area contributed by atoms with E-state index in [9.17, 15) is 9.18 Å². The highest BCUT2D eigenvalue weighted by Gasteiger charge is 2.23. The molecular weight excluding hydrogens is 371 g/mol. The molecule has 1 fully saturated rings. The van der Waals surface area contributed by atoms with Crippen molar-refractivity contribution in [3.63, 3.8) is 0 Å². The monoisotopic (exact) mass is 396 g/mol. The molecule has 2 N–H and O–H groups in total. The summed E-state index contributed by atoms with van der Waals surface area (Å²) in [7, 11) is 0. The van der Waals surface area contributed by atoms with Crippen molar-refractivity contribution in [2.45, 2.75) is 32.0 Å². The maximum atomic E-state index is 13.9. The fraction of sp³-hybridized carbons (Fsp3) is 0.364. The van der Waals surface area contributed by atoms with E-state index in [-0.39, 0.29) is 24.4 Å². The number of carbonyl (C=O) groups is 1. The molecule has 0 saturated carbocycles. The first-order chi connectivity index (χ1) is 14.1. The summed E-state index contributed by atoms with van der Waals surface area (Å²) in [4.78, 5) is 19.3. The molecule has 0 bridgehead atoms. The standard InChI is InChI=1S/C22H25FN4O2/c23-19-6-2-1-4-17(19)13-26-9-3-5-18(14-26)25-22(29)16-7-8-21-20(12-16)24-15-27(21)10-11-28/h1-2,4,6-8,12,15,18,28H,3,5,9-11,13-14H2,(H,25,29). The van der Waals surface area contributed by atoms with Crippen LogP contribution in [0, 0.1) is 5.82 Å². The van der Waals surface area contributed by atoms with Gasteiger partial charge in [0.1, 0.15) is 5.82 Å². The second-order valence-corrected chi connectivity index (χ2v) is 7.50. The molecule has 6 nitrogen and oxygen atoms in total. The molecule has 152 valence electrons. The third kappa shape index (κ3) is 4.46. The van der Waals surface area contributed by atoms with Crippen LogP contribution in [0.15, 0.2) is 48.8 Å². The summed E-state index contributed by atoms with van der Waals surface area (Å²) >= 11 is 0. The number of aliphatic hydroxyl groups excluding tert-OH is 1. The van der Waals surface area contributed by atoms with Gasteiger partial charge in [-0.1, -0.05) is 18.2 Å². The van der Waals surface area contributed by atoms with Gasteiger partial charge in [-0.25, -0.2) is 9.37 Å². The largest absolute Gasteiger partial charge is 0.395 e.